The number of piperidine rings is 1. The first-order valence-corrected chi connectivity index (χ1v) is 9.96. The third kappa shape index (κ3) is 5.96. The van der Waals surface area contributed by atoms with Crippen molar-refractivity contribution in [1.82, 2.24) is 15.2 Å². The van der Waals surface area contributed by atoms with Crippen LogP contribution in [0, 0.1) is 0 Å². The highest BCUT2D eigenvalue weighted by Gasteiger charge is 2.17. The number of rotatable bonds is 8. The van der Waals surface area contributed by atoms with Gasteiger partial charge in [-0.25, -0.2) is 4.98 Å². The molecule has 0 radical (unpaired) electrons. The summed E-state index contributed by atoms with van der Waals surface area (Å²) in [5.41, 5.74) is 1.83. The van der Waals surface area contributed by atoms with Crippen molar-refractivity contribution in [3.05, 3.63) is 53.7 Å². The van der Waals surface area contributed by atoms with E-state index in [0.29, 0.717) is 18.2 Å². The van der Waals surface area contributed by atoms with Crippen LogP contribution in [0.4, 0.5) is 5.82 Å². The molecule has 1 aromatic carbocycles. The average molecular weight is 383 g/mol. The molecule has 0 aliphatic carbocycles. The Morgan fingerprint density at radius 1 is 1.25 bits per heavy atom. The molecule has 1 atom stereocenters. The third-order valence-electron chi connectivity index (χ3n) is 5.09. The SMILES string of the molecule is COc1ccc(CCCNC(=O)c2ccc(N[C@H]3CCCN(C)C3)nc2)cc1. The number of nitrogens with one attached hydrogen (secondary N) is 2. The van der Waals surface area contributed by atoms with Crippen molar-refractivity contribution >= 4 is 11.7 Å². The molecule has 1 saturated heterocycles. The van der Waals surface area contributed by atoms with Gasteiger partial charge in [-0.15, -0.1) is 0 Å². The van der Waals surface area contributed by atoms with Crippen molar-refractivity contribution < 1.29 is 9.53 Å². The second-order valence-corrected chi connectivity index (χ2v) is 7.39. The van der Waals surface area contributed by atoms with E-state index in [9.17, 15) is 4.79 Å². The molecule has 0 bridgehead atoms. The van der Waals surface area contributed by atoms with E-state index in [-0.39, 0.29) is 5.91 Å². The minimum Gasteiger partial charge on any atom is -0.497 e. The van der Waals surface area contributed by atoms with Crippen LogP contribution in [0.15, 0.2) is 42.6 Å². The van der Waals surface area contributed by atoms with Crippen molar-refractivity contribution in [3.8, 4) is 5.75 Å². The minimum absolute atomic E-state index is 0.0776. The molecular formula is C22H30N4O2. The summed E-state index contributed by atoms with van der Waals surface area (Å²) in [5, 5.41) is 6.43. The molecule has 0 unspecified atom stereocenters. The Bertz CT molecular complexity index is 746. The summed E-state index contributed by atoms with van der Waals surface area (Å²) in [6.07, 6.45) is 5.81. The topological polar surface area (TPSA) is 66.5 Å². The van der Waals surface area contributed by atoms with Crippen molar-refractivity contribution in [2.24, 2.45) is 0 Å². The van der Waals surface area contributed by atoms with Gasteiger partial charge in [0.25, 0.3) is 5.91 Å². The van der Waals surface area contributed by atoms with Gasteiger partial charge in [0.05, 0.1) is 12.7 Å². The van der Waals surface area contributed by atoms with Crippen LogP contribution in [-0.2, 0) is 6.42 Å². The number of benzene rings is 1. The summed E-state index contributed by atoms with van der Waals surface area (Å²) in [4.78, 5) is 19.0. The lowest BCUT2D eigenvalue weighted by molar-refractivity contribution is 0.0953. The molecule has 2 aromatic rings. The van der Waals surface area contributed by atoms with Crippen molar-refractivity contribution in [1.29, 1.82) is 0 Å². The number of hydrogen-bond acceptors (Lipinski definition) is 5. The monoisotopic (exact) mass is 382 g/mol. The van der Waals surface area contributed by atoms with E-state index in [4.69, 9.17) is 4.74 Å². The number of likely N-dealkylation sites (tertiary alicyclic amines) is 1. The number of amides is 1. The summed E-state index contributed by atoms with van der Waals surface area (Å²) in [5.74, 6) is 1.61. The first-order valence-electron chi connectivity index (χ1n) is 9.96. The van der Waals surface area contributed by atoms with Gasteiger partial charge in [-0.05, 0) is 69.1 Å². The molecule has 3 rings (SSSR count). The Labute approximate surface area is 167 Å². The van der Waals surface area contributed by atoms with E-state index in [0.717, 1.165) is 43.9 Å². The van der Waals surface area contributed by atoms with Gasteiger partial charge < -0.3 is 20.3 Å². The largest absolute Gasteiger partial charge is 0.497 e. The number of aryl methyl sites for hydroxylation is 1. The number of likely N-dealkylation sites (N-methyl/N-ethyl adjacent to an activating group) is 1. The first-order chi connectivity index (χ1) is 13.6. The Balaban J connectivity index is 1.40. The predicted octanol–water partition coefficient (Wildman–Crippen LogP) is 2.96. The second kappa shape index (κ2) is 10.1. The molecule has 1 aliphatic rings. The van der Waals surface area contributed by atoms with E-state index in [1.807, 2.05) is 24.3 Å². The molecule has 6 nitrogen and oxygen atoms in total. The highest BCUT2D eigenvalue weighted by atomic mass is 16.5. The van der Waals surface area contributed by atoms with Crippen LogP contribution < -0.4 is 15.4 Å². The maximum absolute atomic E-state index is 12.3. The number of aromatic nitrogens is 1. The lowest BCUT2D eigenvalue weighted by atomic mass is 10.1. The summed E-state index contributed by atoms with van der Waals surface area (Å²) in [6.45, 7) is 2.82. The Hall–Kier alpha value is -2.60. The number of methoxy groups -OCH3 is 1. The highest BCUT2D eigenvalue weighted by molar-refractivity contribution is 5.94. The average Bonchev–Trinajstić information content (AvgIpc) is 2.72. The molecule has 0 spiro atoms. The quantitative estimate of drug-likeness (QED) is 0.687. The fourth-order valence-electron chi connectivity index (χ4n) is 3.50. The third-order valence-corrected chi connectivity index (χ3v) is 5.09. The molecule has 6 heteroatoms. The molecule has 1 aliphatic heterocycles. The zero-order chi connectivity index (χ0) is 19.8. The van der Waals surface area contributed by atoms with Gasteiger partial charge in [0.2, 0.25) is 0 Å². The van der Waals surface area contributed by atoms with Crippen LogP contribution in [-0.4, -0.2) is 55.6 Å². The Morgan fingerprint density at radius 3 is 2.75 bits per heavy atom. The lowest BCUT2D eigenvalue weighted by Crippen LogP contribution is -2.39. The van der Waals surface area contributed by atoms with Crippen LogP contribution in [0.1, 0.15) is 35.2 Å². The number of ether oxygens (including phenoxy) is 1. The molecule has 1 aromatic heterocycles. The van der Waals surface area contributed by atoms with E-state index in [2.05, 4.69) is 39.7 Å². The predicted molar refractivity (Wildman–Crippen MR) is 112 cm³/mol. The van der Waals surface area contributed by atoms with Gasteiger partial charge in [-0.2, -0.15) is 0 Å². The lowest BCUT2D eigenvalue weighted by Gasteiger charge is -2.30. The zero-order valence-electron chi connectivity index (χ0n) is 16.8. The van der Waals surface area contributed by atoms with Crippen LogP contribution in [0.25, 0.3) is 0 Å². The molecule has 2 N–H and O–H groups in total. The van der Waals surface area contributed by atoms with Gasteiger partial charge in [-0.1, -0.05) is 12.1 Å². The Kier molecular flexibility index (Phi) is 7.25. The number of carbonyl (C=O) groups is 1. The van der Waals surface area contributed by atoms with E-state index < -0.39 is 0 Å². The van der Waals surface area contributed by atoms with Crippen molar-refractivity contribution in [2.75, 3.05) is 39.1 Å². The van der Waals surface area contributed by atoms with Crippen molar-refractivity contribution in [3.63, 3.8) is 0 Å². The second-order valence-electron chi connectivity index (χ2n) is 7.39. The number of nitrogens with zero attached hydrogens (tertiary/aromatic N) is 2. The van der Waals surface area contributed by atoms with E-state index in [1.165, 1.54) is 12.0 Å². The summed E-state index contributed by atoms with van der Waals surface area (Å²) in [6, 6.07) is 12.2. The van der Waals surface area contributed by atoms with Crippen LogP contribution in [0.5, 0.6) is 5.75 Å². The van der Waals surface area contributed by atoms with E-state index in [1.54, 1.807) is 13.3 Å². The fourth-order valence-corrected chi connectivity index (χ4v) is 3.50. The van der Waals surface area contributed by atoms with E-state index >= 15 is 0 Å². The fraction of sp³-hybridized carbons (Fsp3) is 0.455. The molecule has 28 heavy (non-hydrogen) atoms. The van der Waals surface area contributed by atoms with Crippen LogP contribution in [0.3, 0.4) is 0 Å². The molecule has 1 amide bonds. The maximum atomic E-state index is 12.3. The van der Waals surface area contributed by atoms with Crippen LogP contribution >= 0.6 is 0 Å². The van der Waals surface area contributed by atoms with Gasteiger partial charge >= 0.3 is 0 Å². The summed E-state index contributed by atoms with van der Waals surface area (Å²) >= 11 is 0. The molecule has 2 heterocycles. The minimum atomic E-state index is -0.0776. The normalized spacial score (nSPS) is 17.1. The molecule has 1 fully saturated rings. The zero-order valence-corrected chi connectivity index (χ0v) is 16.8. The number of hydrogen-bond donors (Lipinski definition) is 2. The van der Waals surface area contributed by atoms with Gasteiger partial charge in [-0.3, -0.25) is 4.79 Å². The molecular weight excluding hydrogens is 352 g/mol. The maximum Gasteiger partial charge on any atom is 0.252 e. The number of anilines is 1. The summed E-state index contributed by atoms with van der Waals surface area (Å²) in [7, 11) is 3.81. The Morgan fingerprint density at radius 2 is 2.07 bits per heavy atom. The van der Waals surface area contributed by atoms with Gasteiger partial charge in [0, 0.05) is 25.3 Å². The first kappa shape index (κ1) is 20.1. The van der Waals surface area contributed by atoms with Gasteiger partial charge in [0.1, 0.15) is 11.6 Å². The van der Waals surface area contributed by atoms with Gasteiger partial charge in [0.15, 0.2) is 0 Å². The smallest absolute Gasteiger partial charge is 0.252 e. The highest BCUT2D eigenvalue weighted by Crippen LogP contribution is 2.14. The molecule has 0 saturated carbocycles. The molecule has 150 valence electrons. The standard InChI is InChI=1S/C22H30N4O2/c1-26-14-4-6-19(16-26)25-21-12-9-18(15-24-21)22(27)23-13-3-5-17-7-10-20(28-2)11-8-17/h7-12,15,19H,3-6,13-14,16H2,1-2H3,(H,23,27)(H,24,25)/t19-/m0/s1. The number of pyridine rings is 1. The summed E-state index contributed by atoms with van der Waals surface area (Å²) < 4.78 is 5.16. The van der Waals surface area contributed by atoms with Crippen molar-refractivity contribution in [2.45, 2.75) is 31.7 Å². The van der Waals surface area contributed by atoms with Crippen LogP contribution in [0.2, 0.25) is 0 Å². The number of carbonyl (C=O) groups excluding carboxylic acids is 1.